The third-order valence-corrected chi connectivity index (χ3v) is 5.45. The number of rotatable bonds is 4. The Labute approximate surface area is 149 Å². The van der Waals surface area contributed by atoms with E-state index >= 15 is 0 Å². The van der Waals surface area contributed by atoms with Gasteiger partial charge in [0.25, 0.3) is 0 Å². The first-order valence-electron chi connectivity index (χ1n) is 9.47. The molecule has 3 fully saturated rings. The average molecular weight is 344 g/mol. The zero-order chi connectivity index (χ0) is 17.4. The standard InChI is InChI=1S/C18H28N6O/c1-12(2)17-19-6-5-15(21-17)23-7-9-24(10-8-23)18-20-14(13-3-4-13)11-16(25)22-18/h5-6,12-14,18,20H,3-4,7-11H2,1-2H3,(H,22,25). The van der Waals surface area contributed by atoms with Crippen molar-refractivity contribution in [1.82, 2.24) is 25.5 Å². The first-order chi connectivity index (χ1) is 12.1. The van der Waals surface area contributed by atoms with Crippen molar-refractivity contribution in [3.8, 4) is 0 Å². The van der Waals surface area contributed by atoms with E-state index in [9.17, 15) is 4.79 Å². The summed E-state index contributed by atoms with van der Waals surface area (Å²) in [6, 6.07) is 2.35. The van der Waals surface area contributed by atoms with Gasteiger partial charge in [-0.05, 0) is 24.8 Å². The molecule has 3 aliphatic rings. The molecular formula is C18H28N6O. The molecule has 2 atom stereocenters. The molecule has 2 saturated heterocycles. The summed E-state index contributed by atoms with van der Waals surface area (Å²) in [5.74, 6) is 3.12. The van der Waals surface area contributed by atoms with Crippen LogP contribution in [0.5, 0.6) is 0 Å². The number of hydrogen-bond donors (Lipinski definition) is 2. The first-order valence-corrected chi connectivity index (χ1v) is 9.47. The molecule has 2 N–H and O–H groups in total. The van der Waals surface area contributed by atoms with E-state index in [1.807, 2.05) is 12.3 Å². The van der Waals surface area contributed by atoms with Crippen molar-refractivity contribution < 1.29 is 4.79 Å². The van der Waals surface area contributed by atoms with Crippen molar-refractivity contribution in [2.75, 3.05) is 31.1 Å². The largest absolute Gasteiger partial charge is 0.354 e. The van der Waals surface area contributed by atoms with Gasteiger partial charge in [0, 0.05) is 50.8 Å². The molecular weight excluding hydrogens is 316 g/mol. The Bertz CT molecular complexity index is 624. The number of piperazine rings is 1. The van der Waals surface area contributed by atoms with Crippen molar-refractivity contribution in [3.05, 3.63) is 18.1 Å². The third-order valence-electron chi connectivity index (χ3n) is 5.45. The van der Waals surface area contributed by atoms with Crippen LogP contribution in [-0.2, 0) is 4.79 Å². The number of amides is 1. The van der Waals surface area contributed by atoms with Gasteiger partial charge in [-0.1, -0.05) is 13.8 Å². The summed E-state index contributed by atoms with van der Waals surface area (Å²) in [6.45, 7) is 7.88. The predicted octanol–water partition coefficient (Wildman–Crippen LogP) is 0.894. The van der Waals surface area contributed by atoms with Crippen molar-refractivity contribution in [3.63, 3.8) is 0 Å². The highest BCUT2D eigenvalue weighted by molar-refractivity contribution is 5.77. The maximum Gasteiger partial charge on any atom is 0.223 e. The average Bonchev–Trinajstić information content (AvgIpc) is 3.47. The molecule has 2 aliphatic heterocycles. The SMILES string of the molecule is CC(C)c1nccc(N2CCN(C3NC(=O)CC(C4CC4)N3)CC2)n1. The van der Waals surface area contributed by atoms with E-state index in [0.29, 0.717) is 24.3 Å². The van der Waals surface area contributed by atoms with Crippen LogP contribution in [0, 0.1) is 5.92 Å². The lowest BCUT2D eigenvalue weighted by Crippen LogP contribution is -2.67. The van der Waals surface area contributed by atoms with Gasteiger partial charge in [0.15, 0.2) is 0 Å². The molecule has 7 nitrogen and oxygen atoms in total. The molecule has 136 valence electrons. The quantitative estimate of drug-likeness (QED) is 0.845. The van der Waals surface area contributed by atoms with Crippen molar-refractivity contribution in [2.24, 2.45) is 5.92 Å². The van der Waals surface area contributed by atoms with Gasteiger partial charge in [0.1, 0.15) is 17.9 Å². The van der Waals surface area contributed by atoms with Crippen LogP contribution in [0.3, 0.4) is 0 Å². The number of carbonyl (C=O) groups is 1. The Morgan fingerprint density at radius 2 is 1.96 bits per heavy atom. The van der Waals surface area contributed by atoms with E-state index in [0.717, 1.165) is 37.8 Å². The highest BCUT2D eigenvalue weighted by Crippen LogP contribution is 2.35. The predicted molar refractivity (Wildman–Crippen MR) is 96.1 cm³/mol. The van der Waals surface area contributed by atoms with Crippen LogP contribution in [-0.4, -0.2) is 59.3 Å². The smallest absolute Gasteiger partial charge is 0.223 e. The number of nitrogens with zero attached hydrogens (tertiary/aromatic N) is 4. The number of aromatic nitrogens is 2. The summed E-state index contributed by atoms with van der Waals surface area (Å²) in [5.41, 5.74) is 0. The molecule has 1 aromatic heterocycles. The maximum absolute atomic E-state index is 12.0. The van der Waals surface area contributed by atoms with Crippen molar-refractivity contribution >= 4 is 11.7 Å². The molecule has 0 spiro atoms. The number of anilines is 1. The van der Waals surface area contributed by atoms with Gasteiger partial charge in [0.2, 0.25) is 5.91 Å². The number of nitrogens with one attached hydrogen (secondary N) is 2. The van der Waals surface area contributed by atoms with Crippen molar-refractivity contribution in [2.45, 2.75) is 51.4 Å². The zero-order valence-electron chi connectivity index (χ0n) is 15.1. The van der Waals surface area contributed by atoms with Gasteiger partial charge >= 0.3 is 0 Å². The van der Waals surface area contributed by atoms with Gasteiger partial charge in [-0.25, -0.2) is 9.97 Å². The van der Waals surface area contributed by atoms with Crippen LogP contribution in [0.15, 0.2) is 12.3 Å². The Morgan fingerprint density at radius 1 is 1.20 bits per heavy atom. The number of carbonyl (C=O) groups excluding carboxylic acids is 1. The van der Waals surface area contributed by atoms with E-state index < -0.39 is 0 Å². The fraction of sp³-hybridized carbons (Fsp3) is 0.722. The van der Waals surface area contributed by atoms with E-state index in [1.54, 1.807) is 0 Å². The Hall–Kier alpha value is -1.73. The molecule has 0 aromatic carbocycles. The lowest BCUT2D eigenvalue weighted by Gasteiger charge is -2.43. The molecule has 1 saturated carbocycles. The Kier molecular flexibility index (Phi) is 4.60. The van der Waals surface area contributed by atoms with Crippen LogP contribution in [0.1, 0.15) is 44.9 Å². The van der Waals surface area contributed by atoms with E-state index in [1.165, 1.54) is 12.8 Å². The van der Waals surface area contributed by atoms with Gasteiger partial charge in [-0.2, -0.15) is 0 Å². The molecule has 3 heterocycles. The second kappa shape index (κ2) is 6.88. The lowest BCUT2D eigenvalue weighted by molar-refractivity contribution is -0.127. The fourth-order valence-electron chi connectivity index (χ4n) is 3.74. The maximum atomic E-state index is 12.0. The van der Waals surface area contributed by atoms with Crippen LogP contribution in [0.4, 0.5) is 5.82 Å². The van der Waals surface area contributed by atoms with Gasteiger partial charge in [-0.15, -0.1) is 0 Å². The Balaban J connectivity index is 1.36. The molecule has 0 bridgehead atoms. The molecule has 0 radical (unpaired) electrons. The van der Waals surface area contributed by atoms with E-state index in [-0.39, 0.29) is 12.2 Å². The number of hydrogen-bond acceptors (Lipinski definition) is 6. The van der Waals surface area contributed by atoms with E-state index in [2.05, 4.69) is 39.3 Å². The third kappa shape index (κ3) is 3.77. The first kappa shape index (κ1) is 16.7. The summed E-state index contributed by atoms with van der Waals surface area (Å²) in [7, 11) is 0. The molecule has 25 heavy (non-hydrogen) atoms. The topological polar surface area (TPSA) is 73.4 Å². The summed E-state index contributed by atoms with van der Waals surface area (Å²) in [4.78, 5) is 25.7. The summed E-state index contributed by atoms with van der Waals surface area (Å²) < 4.78 is 0. The minimum atomic E-state index is -0.0226. The summed E-state index contributed by atoms with van der Waals surface area (Å²) in [6.07, 6.45) is 4.98. The second-order valence-corrected chi connectivity index (χ2v) is 7.74. The van der Waals surface area contributed by atoms with Crippen LogP contribution >= 0.6 is 0 Å². The molecule has 2 unspecified atom stereocenters. The van der Waals surface area contributed by atoms with Gasteiger partial charge in [0.05, 0.1) is 0 Å². The molecule has 1 amide bonds. The monoisotopic (exact) mass is 344 g/mol. The Morgan fingerprint density at radius 3 is 2.64 bits per heavy atom. The van der Waals surface area contributed by atoms with E-state index in [4.69, 9.17) is 4.98 Å². The highest BCUT2D eigenvalue weighted by Gasteiger charge is 2.39. The highest BCUT2D eigenvalue weighted by atomic mass is 16.2. The summed E-state index contributed by atoms with van der Waals surface area (Å²) >= 11 is 0. The molecule has 1 aromatic rings. The van der Waals surface area contributed by atoms with Gasteiger partial charge in [-0.3, -0.25) is 15.0 Å². The fourth-order valence-corrected chi connectivity index (χ4v) is 3.74. The lowest BCUT2D eigenvalue weighted by atomic mass is 10.1. The van der Waals surface area contributed by atoms with Crippen molar-refractivity contribution in [1.29, 1.82) is 0 Å². The van der Waals surface area contributed by atoms with Gasteiger partial charge < -0.3 is 10.2 Å². The van der Waals surface area contributed by atoms with Crippen LogP contribution < -0.4 is 15.5 Å². The minimum absolute atomic E-state index is 0.0226. The molecule has 1 aliphatic carbocycles. The zero-order valence-corrected chi connectivity index (χ0v) is 15.1. The summed E-state index contributed by atoms with van der Waals surface area (Å²) in [5, 5.41) is 6.75. The molecule has 4 rings (SSSR count). The second-order valence-electron chi connectivity index (χ2n) is 7.74. The molecule has 7 heteroatoms. The normalized spacial score (nSPS) is 28.3. The van der Waals surface area contributed by atoms with Crippen LogP contribution in [0.2, 0.25) is 0 Å². The van der Waals surface area contributed by atoms with Crippen LogP contribution in [0.25, 0.3) is 0 Å². The minimum Gasteiger partial charge on any atom is -0.354 e.